The summed E-state index contributed by atoms with van der Waals surface area (Å²) in [5.41, 5.74) is 1.48. The summed E-state index contributed by atoms with van der Waals surface area (Å²) in [6.45, 7) is 5.86. The van der Waals surface area contributed by atoms with Gasteiger partial charge in [0.05, 0.1) is 4.92 Å². The van der Waals surface area contributed by atoms with E-state index in [0.29, 0.717) is 11.7 Å². The highest BCUT2D eigenvalue weighted by atomic mass is 16.6. The Bertz CT molecular complexity index is 407. The predicted molar refractivity (Wildman–Crippen MR) is 67.2 cm³/mol. The van der Waals surface area contributed by atoms with Crippen LogP contribution in [0, 0.1) is 17.0 Å². The molecule has 0 aliphatic heterocycles. The van der Waals surface area contributed by atoms with Crippen molar-refractivity contribution < 1.29 is 4.92 Å². The summed E-state index contributed by atoms with van der Waals surface area (Å²) in [4.78, 5) is 14.7. The van der Waals surface area contributed by atoms with Gasteiger partial charge in [0, 0.05) is 23.7 Å². The Labute approximate surface area is 101 Å². The van der Waals surface area contributed by atoms with Gasteiger partial charge in [-0.05, 0) is 33.4 Å². The molecule has 0 saturated heterocycles. The Morgan fingerprint density at radius 2 is 2.18 bits per heavy atom. The minimum absolute atomic E-state index is 0.0840. The lowest BCUT2D eigenvalue weighted by Crippen LogP contribution is -2.29. The van der Waals surface area contributed by atoms with Gasteiger partial charge in [-0.3, -0.25) is 15.1 Å². The lowest BCUT2D eigenvalue weighted by molar-refractivity contribution is -0.385. The number of aromatic nitrogens is 1. The second-order valence-corrected chi connectivity index (χ2v) is 4.19. The molecule has 0 amide bonds. The van der Waals surface area contributed by atoms with Crippen LogP contribution in [0.2, 0.25) is 0 Å². The summed E-state index contributed by atoms with van der Waals surface area (Å²) in [5, 5.41) is 13.9. The molecular formula is C12H19N3O2. The average Bonchev–Trinajstić information content (AvgIpc) is 2.29. The molecule has 1 rings (SSSR count). The van der Waals surface area contributed by atoms with Crippen LogP contribution in [-0.4, -0.2) is 23.0 Å². The monoisotopic (exact) mass is 237 g/mol. The second kappa shape index (κ2) is 5.72. The zero-order valence-corrected chi connectivity index (χ0v) is 10.7. The number of hydrogen-bond acceptors (Lipinski definition) is 4. The molecule has 5 nitrogen and oxygen atoms in total. The summed E-state index contributed by atoms with van der Waals surface area (Å²) in [7, 11) is 1.91. The topological polar surface area (TPSA) is 68.1 Å². The van der Waals surface area contributed by atoms with Gasteiger partial charge in [0.15, 0.2) is 0 Å². The average molecular weight is 237 g/mol. The summed E-state index contributed by atoms with van der Waals surface area (Å²) in [5.74, 6) is 0.277. The van der Waals surface area contributed by atoms with E-state index in [4.69, 9.17) is 0 Å². The number of nitrogens with one attached hydrogen (secondary N) is 1. The van der Waals surface area contributed by atoms with E-state index in [1.165, 1.54) is 0 Å². The molecule has 17 heavy (non-hydrogen) atoms. The van der Waals surface area contributed by atoms with Crippen molar-refractivity contribution in [1.82, 2.24) is 10.3 Å². The van der Waals surface area contributed by atoms with Crippen molar-refractivity contribution in [3.05, 3.63) is 33.6 Å². The van der Waals surface area contributed by atoms with Crippen molar-refractivity contribution in [3.63, 3.8) is 0 Å². The lowest BCUT2D eigenvalue weighted by Gasteiger charge is -2.21. The van der Waals surface area contributed by atoms with Gasteiger partial charge in [0.25, 0.3) is 5.69 Å². The quantitative estimate of drug-likeness (QED) is 0.630. The van der Waals surface area contributed by atoms with E-state index in [2.05, 4.69) is 24.1 Å². The molecular weight excluding hydrogens is 218 g/mol. The van der Waals surface area contributed by atoms with Crippen LogP contribution in [0.1, 0.15) is 37.6 Å². The zero-order valence-electron chi connectivity index (χ0n) is 10.7. The van der Waals surface area contributed by atoms with Crippen molar-refractivity contribution >= 4 is 5.69 Å². The molecule has 0 radical (unpaired) electrons. The van der Waals surface area contributed by atoms with Crippen LogP contribution in [0.25, 0.3) is 0 Å². The van der Waals surface area contributed by atoms with Crippen molar-refractivity contribution in [3.8, 4) is 0 Å². The van der Waals surface area contributed by atoms with Crippen LogP contribution in [0.4, 0.5) is 5.69 Å². The van der Waals surface area contributed by atoms with Gasteiger partial charge < -0.3 is 5.32 Å². The fourth-order valence-electron chi connectivity index (χ4n) is 1.99. The summed E-state index contributed by atoms with van der Waals surface area (Å²) < 4.78 is 0. The van der Waals surface area contributed by atoms with Gasteiger partial charge in [-0.25, -0.2) is 0 Å². The first-order chi connectivity index (χ1) is 8.01. The van der Waals surface area contributed by atoms with Gasteiger partial charge >= 0.3 is 0 Å². The van der Waals surface area contributed by atoms with E-state index in [1.54, 1.807) is 19.1 Å². The van der Waals surface area contributed by atoms with Crippen LogP contribution < -0.4 is 5.32 Å². The van der Waals surface area contributed by atoms with Gasteiger partial charge in [-0.2, -0.15) is 0 Å². The lowest BCUT2D eigenvalue weighted by atomic mass is 9.94. The molecule has 5 heteroatoms. The van der Waals surface area contributed by atoms with Crippen molar-refractivity contribution in [2.75, 3.05) is 7.05 Å². The highest BCUT2D eigenvalue weighted by Gasteiger charge is 2.20. The van der Waals surface area contributed by atoms with E-state index < -0.39 is 4.92 Å². The third-order valence-electron chi connectivity index (χ3n) is 3.15. The summed E-state index contributed by atoms with van der Waals surface area (Å²) in [6.07, 6.45) is 0.951. The standard InChI is InChI=1S/C12H19N3O2/c1-5-10(8(2)13-4)11-6-7-12(15(16)17)9(3)14-11/h6-8,10,13H,5H2,1-4H3. The normalized spacial score (nSPS) is 14.4. The van der Waals surface area contributed by atoms with Gasteiger partial charge in [-0.1, -0.05) is 6.92 Å². The van der Waals surface area contributed by atoms with E-state index in [9.17, 15) is 10.1 Å². The summed E-state index contributed by atoms with van der Waals surface area (Å²) >= 11 is 0. The van der Waals surface area contributed by atoms with Crippen molar-refractivity contribution in [2.24, 2.45) is 0 Å². The first-order valence-electron chi connectivity index (χ1n) is 5.80. The largest absolute Gasteiger partial charge is 0.317 e. The third kappa shape index (κ3) is 3.00. The highest BCUT2D eigenvalue weighted by Crippen LogP contribution is 2.24. The maximum absolute atomic E-state index is 10.7. The Kier molecular flexibility index (Phi) is 4.57. The fraction of sp³-hybridized carbons (Fsp3) is 0.583. The maximum Gasteiger partial charge on any atom is 0.290 e. The molecule has 0 aliphatic rings. The number of hydrogen-bond donors (Lipinski definition) is 1. The molecule has 1 aromatic heterocycles. The fourth-order valence-corrected chi connectivity index (χ4v) is 1.99. The first-order valence-corrected chi connectivity index (χ1v) is 5.80. The zero-order chi connectivity index (χ0) is 13.0. The number of pyridine rings is 1. The number of nitro groups is 1. The Hall–Kier alpha value is -1.49. The van der Waals surface area contributed by atoms with Gasteiger partial charge in [0.1, 0.15) is 5.69 Å². The number of aryl methyl sites for hydroxylation is 1. The minimum atomic E-state index is -0.394. The molecule has 2 unspecified atom stereocenters. The molecule has 0 aliphatic carbocycles. The molecule has 0 bridgehead atoms. The van der Waals surface area contributed by atoms with E-state index in [0.717, 1.165) is 12.1 Å². The SMILES string of the molecule is CCC(c1ccc([N+](=O)[O-])c(C)n1)C(C)NC. The smallest absolute Gasteiger partial charge is 0.290 e. The molecule has 0 spiro atoms. The van der Waals surface area contributed by atoms with E-state index in [-0.39, 0.29) is 11.6 Å². The molecule has 2 atom stereocenters. The van der Waals surface area contributed by atoms with Crippen LogP contribution in [0.5, 0.6) is 0 Å². The van der Waals surface area contributed by atoms with E-state index >= 15 is 0 Å². The molecule has 0 saturated carbocycles. The second-order valence-electron chi connectivity index (χ2n) is 4.19. The molecule has 0 fully saturated rings. The van der Waals surface area contributed by atoms with Gasteiger partial charge in [-0.15, -0.1) is 0 Å². The van der Waals surface area contributed by atoms with Crippen molar-refractivity contribution in [1.29, 1.82) is 0 Å². The molecule has 94 valence electrons. The van der Waals surface area contributed by atoms with Crippen LogP contribution in [0.3, 0.4) is 0 Å². The van der Waals surface area contributed by atoms with E-state index in [1.807, 2.05) is 7.05 Å². The molecule has 1 N–H and O–H groups in total. The number of nitrogens with zero attached hydrogens (tertiary/aromatic N) is 2. The number of likely N-dealkylation sites (N-methyl/N-ethyl adjacent to an activating group) is 1. The van der Waals surface area contributed by atoms with Gasteiger partial charge in [0.2, 0.25) is 0 Å². The van der Waals surface area contributed by atoms with Crippen molar-refractivity contribution in [2.45, 2.75) is 39.2 Å². The number of rotatable bonds is 5. The Balaban J connectivity index is 3.07. The Morgan fingerprint density at radius 3 is 2.59 bits per heavy atom. The third-order valence-corrected chi connectivity index (χ3v) is 3.15. The van der Waals surface area contributed by atoms with Crippen LogP contribution in [-0.2, 0) is 0 Å². The molecule has 1 heterocycles. The highest BCUT2D eigenvalue weighted by molar-refractivity contribution is 5.36. The minimum Gasteiger partial charge on any atom is -0.317 e. The molecule has 0 aromatic carbocycles. The first kappa shape index (κ1) is 13.6. The maximum atomic E-state index is 10.7. The predicted octanol–water partition coefficient (Wildman–Crippen LogP) is 2.40. The van der Waals surface area contributed by atoms with Crippen LogP contribution >= 0.6 is 0 Å². The summed E-state index contributed by atoms with van der Waals surface area (Å²) in [6, 6.07) is 3.60. The van der Waals surface area contributed by atoms with Crippen LogP contribution in [0.15, 0.2) is 12.1 Å². The Morgan fingerprint density at radius 1 is 1.53 bits per heavy atom. The molecule has 1 aromatic rings.